The molecule has 0 saturated carbocycles. The van der Waals surface area contributed by atoms with Crippen molar-refractivity contribution in [2.24, 2.45) is 0 Å². The number of amides is 1. The van der Waals surface area contributed by atoms with E-state index < -0.39 is 15.3 Å². The van der Waals surface area contributed by atoms with E-state index in [1.165, 1.54) is 14.0 Å². The second kappa shape index (κ2) is 5.68. The molecule has 1 N–H and O–H groups in total. The van der Waals surface area contributed by atoms with Crippen LogP contribution in [-0.2, 0) is 14.8 Å². The third-order valence-electron chi connectivity index (χ3n) is 1.80. The zero-order chi connectivity index (χ0) is 12.1. The maximum Gasteiger partial charge on any atom is 0.235 e. The zero-order valence-corrected chi connectivity index (χ0v) is 9.84. The van der Waals surface area contributed by atoms with Crippen LogP contribution in [0.15, 0.2) is 0 Å². The van der Waals surface area contributed by atoms with E-state index in [0.717, 1.165) is 4.31 Å². The third-order valence-corrected chi connectivity index (χ3v) is 3.80. The van der Waals surface area contributed by atoms with Gasteiger partial charge in [0.15, 0.2) is 5.25 Å². The molecular weight excluding hydrogens is 218 g/mol. The minimum atomic E-state index is -3.69. The maximum absolute atomic E-state index is 11.5. The molecule has 0 aromatic carbocycles. The van der Waals surface area contributed by atoms with E-state index in [4.69, 9.17) is 5.26 Å². The van der Waals surface area contributed by atoms with Gasteiger partial charge >= 0.3 is 0 Å². The summed E-state index contributed by atoms with van der Waals surface area (Å²) in [5.41, 5.74) is 0. The van der Waals surface area contributed by atoms with Gasteiger partial charge in [0.25, 0.3) is 0 Å². The van der Waals surface area contributed by atoms with Gasteiger partial charge in [-0.1, -0.05) is 0 Å². The highest BCUT2D eigenvalue weighted by atomic mass is 32.2. The Balaban J connectivity index is 4.53. The van der Waals surface area contributed by atoms with Gasteiger partial charge in [-0.05, 0) is 13.8 Å². The van der Waals surface area contributed by atoms with Crippen molar-refractivity contribution in [3.8, 4) is 6.07 Å². The highest BCUT2D eigenvalue weighted by Gasteiger charge is 2.26. The van der Waals surface area contributed by atoms with Gasteiger partial charge in [-0.25, -0.2) is 8.42 Å². The molecular formula is C8H15N3O3S. The number of nitriles is 1. The molecule has 0 aliphatic heterocycles. The number of carbonyl (C=O) groups is 1. The van der Waals surface area contributed by atoms with Crippen LogP contribution >= 0.6 is 0 Å². The molecule has 0 spiro atoms. The Morgan fingerprint density at radius 1 is 1.60 bits per heavy atom. The van der Waals surface area contributed by atoms with E-state index in [2.05, 4.69) is 5.32 Å². The minimum absolute atomic E-state index is 0.262. The molecule has 0 rings (SSSR count). The number of carbonyl (C=O) groups excluding carboxylic acids is 1. The summed E-state index contributed by atoms with van der Waals surface area (Å²) in [5.74, 6) is -0.381. The first-order chi connectivity index (χ1) is 6.86. The molecule has 7 heteroatoms. The van der Waals surface area contributed by atoms with Crippen LogP contribution in [-0.4, -0.2) is 44.0 Å². The molecule has 1 atom stereocenters. The van der Waals surface area contributed by atoms with Crippen LogP contribution in [0.5, 0.6) is 0 Å². The predicted octanol–water partition coefficient (Wildman–Crippen LogP) is -0.704. The molecule has 6 nitrogen and oxygen atoms in total. The summed E-state index contributed by atoms with van der Waals surface area (Å²) in [7, 11) is -2.41. The van der Waals surface area contributed by atoms with Crippen molar-refractivity contribution in [2.75, 3.05) is 20.1 Å². The van der Waals surface area contributed by atoms with Gasteiger partial charge in [-0.15, -0.1) is 0 Å². The Kier molecular flexibility index (Phi) is 5.25. The largest absolute Gasteiger partial charge is 0.355 e. The van der Waals surface area contributed by atoms with Crippen LogP contribution in [0.25, 0.3) is 0 Å². The van der Waals surface area contributed by atoms with Crippen molar-refractivity contribution < 1.29 is 13.2 Å². The smallest absolute Gasteiger partial charge is 0.235 e. The fourth-order valence-electron chi connectivity index (χ4n) is 0.882. The number of nitrogens with one attached hydrogen (secondary N) is 1. The van der Waals surface area contributed by atoms with Crippen LogP contribution in [0.2, 0.25) is 0 Å². The van der Waals surface area contributed by atoms with Crippen molar-refractivity contribution in [1.29, 1.82) is 5.26 Å². The van der Waals surface area contributed by atoms with E-state index in [0.29, 0.717) is 6.54 Å². The number of rotatable bonds is 5. The van der Waals surface area contributed by atoms with Gasteiger partial charge in [0, 0.05) is 13.6 Å². The van der Waals surface area contributed by atoms with E-state index in [1.807, 2.05) is 0 Å². The quantitative estimate of drug-likeness (QED) is 0.679. The first kappa shape index (κ1) is 13.9. The number of hydrogen-bond acceptors (Lipinski definition) is 4. The van der Waals surface area contributed by atoms with Crippen molar-refractivity contribution in [3.05, 3.63) is 0 Å². The standard InChI is InChI=1S/C8H15N3O3S/c1-4-10-8(12)6-11(3)15(13,14)7(2)5-9/h7H,4,6H2,1-3H3,(H,10,12). The summed E-state index contributed by atoms with van der Waals surface area (Å²) in [4.78, 5) is 11.1. The molecule has 0 bridgehead atoms. The molecule has 15 heavy (non-hydrogen) atoms. The Labute approximate surface area is 89.9 Å². The molecule has 0 aliphatic rings. The summed E-state index contributed by atoms with van der Waals surface area (Å²) in [5, 5.41) is 9.84. The number of likely N-dealkylation sites (N-methyl/N-ethyl adjacent to an activating group) is 2. The molecule has 0 radical (unpaired) electrons. The molecule has 1 unspecified atom stereocenters. The lowest BCUT2D eigenvalue weighted by molar-refractivity contribution is -0.121. The van der Waals surface area contributed by atoms with Gasteiger partial charge < -0.3 is 5.32 Å². The summed E-state index contributed by atoms with van der Waals surface area (Å²) in [6.45, 7) is 3.20. The van der Waals surface area contributed by atoms with E-state index in [9.17, 15) is 13.2 Å². The summed E-state index contributed by atoms with van der Waals surface area (Å²) in [6.07, 6.45) is 0. The lowest BCUT2D eigenvalue weighted by Gasteiger charge is -2.17. The zero-order valence-electron chi connectivity index (χ0n) is 9.02. The van der Waals surface area contributed by atoms with E-state index in [-0.39, 0.29) is 12.5 Å². The molecule has 0 aromatic rings. The molecule has 0 saturated heterocycles. The summed E-state index contributed by atoms with van der Waals surface area (Å²) >= 11 is 0. The number of sulfonamides is 1. The molecule has 0 heterocycles. The molecule has 0 aliphatic carbocycles. The highest BCUT2D eigenvalue weighted by molar-refractivity contribution is 7.89. The first-order valence-corrected chi connectivity index (χ1v) is 5.98. The van der Waals surface area contributed by atoms with Crippen molar-refractivity contribution >= 4 is 15.9 Å². The highest BCUT2D eigenvalue weighted by Crippen LogP contribution is 2.04. The van der Waals surface area contributed by atoms with E-state index >= 15 is 0 Å². The van der Waals surface area contributed by atoms with Crippen molar-refractivity contribution in [1.82, 2.24) is 9.62 Å². The maximum atomic E-state index is 11.5. The average molecular weight is 233 g/mol. The van der Waals surface area contributed by atoms with Crippen LogP contribution < -0.4 is 5.32 Å². The molecule has 1 amide bonds. The Morgan fingerprint density at radius 2 is 2.13 bits per heavy atom. The van der Waals surface area contributed by atoms with Gasteiger partial charge in [-0.2, -0.15) is 9.57 Å². The SMILES string of the molecule is CCNC(=O)CN(C)S(=O)(=O)C(C)C#N. The lowest BCUT2D eigenvalue weighted by atomic mass is 10.5. The number of hydrogen-bond donors (Lipinski definition) is 1. The lowest BCUT2D eigenvalue weighted by Crippen LogP contribution is -2.41. The fraction of sp³-hybridized carbons (Fsp3) is 0.750. The molecule has 0 aromatic heterocycles. The van der Waals surface area contributed by atoms with Crippen LogP contribution in [0.1, 0.15) is 13.8 Å². The Hall–Kier alpha value is -1.13. The summed E-state index contributed by atoms with van der Waals surface area (Å²) in [6, 6.07) is 1.63. The fourth-order valence-corrected chi connectivity index (χ4v) is 1.85. The normalized spacial score (nSPS) is 13.3. The van der Waals surface area contributed by atoms with Crippen molar-refractivity contribution in [2.45, 2.75) is 19.1 Å². The van der Waals surface area contributed by atoms with Gasteiger partial charge in [-0.3, -0.25) is 4.79 Å². The predicted molar refractivity (Wildman–Crippen MR) is 55.3 cm³/mol. The minimum Gasteiger partial charge on any atom is -0.355 e. The van der Waals surface area contributed by atoms with Crippen LogP contribution in [0, 0.1) is 11.3 Å². The topological polar surface area (TPSA) is 90.3 Å². The first-order valence-electron chi connectivity index (χ1n) is 4.47. The molecule has 0 fully saturated rings. The second-order valence-corrected chi connectivity index (χ2v) is 5.39. The van der Waals surface area contributed by atoms with Crippen LogP contribution in [0.4, 0.5) is 0 Å². The van der Waals surface area contributed by atoms with Gasteiger partial charge in [0.1, 0.15) is 0 Å². The Bertz CT molecular complexity index is 358. The van der Waals surface area contributed by atoms with Crippen LogP contribution in [0.3, 0.4) is 0 Å². The molecule has 86 valence electrons. The average Bonchev–Trinajstić information content (AvgIpc) is 2.16. The Morgan fingerprint density at radius 3 is 2.53 bits per heavy atom. The van der Waals surface area contributed by atoms with Crippen molar-refractivity contribution in [3.63, 3.8) is 0 Å². The van der Waals surface area contributed by atoms with Gasteiger partial charge in [0.2, 0.25) is 15.9 Å². The number of nitrogens with zero attached hydrogens (tertiary/aromatic N) is 2. The monoisotopic (exact) mass is 233 g/mol. The van der Waals surface area contributed by atoms with Gasteiger partial charge in [0.05, 0.1) is 12.6 Å². The summed E-state index contributed by atoms with van der Waals surface area (Å²) < 4.78 is 23.9. The second-order valence-electron chi connectivity index (χ2n) is 3.03. The van der Waals surface area contributed by atoms with E-state index in [1.54, 1.807) is 13.0 Å². The third kappa shape index (κ3) is 3.85.